The van der Waals surface area contributed by atoms with Crippen LogP contribution in [0, 0.1) is 0 Å². The van der Waals surface area contributed by atoms with Crippen molar-refractivity contribution < 1.29 is 9.32 Å². The van der Waals surface area contributed by atoms with Crippen molar-refractivity contribution in [1.29, 1.82) is 0 Å². The molecule has 100 valence electrons. The van der Waals surface area contributed by atoms with Gasteiger partial charge in [-0.2, -0.15) is 0 Å². The van der Waals surface area contributed by atoms with Gasteiger partial charge in [-0.1, -0.05) is 5.16 Å². The smallest absolute Gasteiger partial charge is 0.238 e. The molecule has 2 N–H and O–H groups in total. The average Bonchev–Trinajstić information content (AvgIpc) is 2.75. The lowest BCUT2D eigenvalue weighted by Crippen LogP contribution is -2.49. The molecule has 8 heteroatoms. The predicted molar refractivity (Wildman–Crippen MR) is 72.4 cm³/mol. The minimum Gasteiger partial charge on any atom is -0.358 e. The van der Waals surface area contributed by atoms with Crippen molar-refractivity contribution in [1.82, 2.24) is 19.5 Å². The lowest BCUT2D eigenvalue weighted by Gasteiger charge is -2.33. The summed E-state index contributed by atoms with van der Waals surface area (Å²) in [5.74, 6) is 0.610. The highest BCUT2D eigenvalue weighted by Crippen LogP contribution is 2.20. The highest BCUT2D eigenvalue weighted by Gasteiger charge is 2.28. The highest BCUT2D eigenvalue weighted by molar-refractivity contribution is 9.10. The van der Waals surface area contributed by atoms with Gasteiger partial charge >= 0.3 is 0 Å². The van der Waals surface area contributed by atoms with E-state index in [9.17, 15) is 4.79 Å². The third-order valence-corrected chi connectivity index (χ3v) is 4.23. The SMILES string of the molecule is CC1CC(C(=O)NCc2cc(Br)no2)NSN1C. The fourth-order valence-electron chi connectivity index (χ4n) is 1.60. The number of hydrogen-bond donors (Lipinski definition) is 2. The van der Waals surface area contributed by atoms with Gasteiger partial charge in [-0.15, -0.1) is 0 Å². The number of rotatable bonds is 3. The van der Waals surface area contributed by atoms with Crippen molar-refractivity contribution in [2.45, 2.75) is 32.0 Å². The molecular weight excluding hydrogens is 320 g/mol. The minimum absolute atomic E-state index is 0.0185. The predicted octanol–water partition coefficient (Wildman–Crippen LogP) is 1.30. The van der Waals surface area contributed by atoms with Crippen LogP contribution in [0.3, 0.4) is 0 Å². The Labute approximate surface area is 118 Å². The Kier molecular flexibility index (Phi) is 4.66. The number of carbonyl (C=O) groups is 1. The topological polar surface area (TPSA) is 70.4 Å². The fraction of sp³-hybridized carbons (Fsp3) is 0.600. The number of nitrogens with zero attached hydrogens (tertiary/aromatic N) is 2. The number of nitrogens with one attached hydrogen (secondary N) is 2. The molecule has 0 spiro atoms. The summed E-state index contributed by atoms with van der Waals surface area (Å²) >= 11 is 4.66. The molecule has 0 saturated carbocycles. The molecule has 1 aliphatic rings. The Morgan fingerprint density at radius 3 is 3.22 bits per heavy atom. The summed E-state index contributed by atoms with van der Waals surface area (Å²) in [4.78, 5) is 12.0. The molecule has 1 amide bonds. The normalized spacial score (nSPS) is 25.1. The van der Waals surface area contributed by atoms with Crippen LogP contribution < -0.4 is 10.0 Å². The molecule has 0 radical (unpaired) electrons. The van der Waals surface area contributed by atoms with E-state index in [1.165, 1.54) is 12.1 Å². The summed E-state index contributed by atoms with van der Waals surface area (Å²) in [6.45, 7) is 2.45. The maximum atomic E-state index is 12.0. The second-order valence-electron chi connectivity index (χ2n) is 4.23. The Balaban J connectivity index is 1.81. The minimum atomic E-state index is -0.174. The van der Waals surface area contributed by atoms with Crippen LogP contribution in [0.25, 0.3) is 0 Å². The molecule has 2 heterocycles. The molecular formula is C10H15BrN4O2S. The lowest BCUT2D eigenvalue weighted by atomic mass is 10.1. The van der Waals surface area contributed by atoms with Gasteiger partial charge in [0.1, 0.15) is 4.60 Å². The van der Waals surface area contributed by atoms with Crippen LogP contribution in [-0.4, -0.2) is 34.5 Å². The van der Waals surface area contributed by atoms with Gasteiger partial charge < -0.3 is 9.84 Å². The Morgan fingerprint density at radius 2 is 2.61 bits per heavy atom. The van der Waals surface area contributed by atoms with E-state index in [1.54, 1.807) is 6.07 Å². The summed E-state index contributed by atoms with van der Waals surface area (Å²) in [5, 5.41) is 6.52. The van der Waals surface area contributed by atoms with Crippen LogP contribution in [-0.2, 0) is 11.3 Å². The van der Waals surface area contributed by atoms with E-state index < -0.39 is 0 Å². The van der Waals surface area contributed by atoms with Gasteiger partial charge in [-0.3, -0.25) is 4.79 Å². The Morgan fingerprint density at radius 1 is 1.83 bits per heavy atom. The van der Waals surface area contributed by atoms with Gasteiger partial charge in [-0.25, -0.2) is 9.03 Å². The zero-order valence-corrected chi connectivity index (χ0v) is 12.5. The molecule has 1 aromatic heterocycles. The molecule has 2 rings (SSSR count). The second-order valence-corrected chi connectivity index (χ2v) is 6.03. The molecule has 1 aliphatic heterocycles. The monoisotopic (exact) mass is 334 g/mol. The van der Waals surface area contributed by atoms with Gasteiger partial charge in [-0.05, 0) is 36.3 Å². The van der Waals surface area contributed by atoms with Crippen LogP contribution >= 0.6 is 28.1 Å². The van der Waals surface area contributed by atoms with Crippen molar-refractivity contribution in [3.05, 3.63) is 16.4 Å². The number of amides is 1. The quantitative estimate of drug-likeness (QED) is 0.812. The first-order valence-electron chi connectivity index (χ1n) is 5.60. The first-order chi connectivity index (χ1) is 8.56. The lowest BCUT2D eigenvalue weighted by molar-refractivity contribution is -0.123. The summed E-state index contributed by atoms with van der Waals surface area (Å²) in [6.07, 6.45) is 0.787. The first kappa shape index (κ1) is 13.9. The fourth-order valence-corrected chi connectivity index (χ4v) is 2.69. The number of aromatic nitrogens is 1. The van der Waals surface area contributed by atoms with Crippen LogP contribution in [0.5, 0.6) is 0 Å². The number of hydrogen-bond acceptors (Lipinski definition) is 6. The van der Waals surface area contributed by atoms with Crippen LogP contribution in [0.4, 0.5) is 0 Å². The molecule has 0 aromatic carbocycles. The largest absolute Gasteiger partial charge is 0.358 e. The molecule has 1 saturated heterocycles. The summed E-state index contributed by atoms with van der Waals surface area (Å²) < 4.78 is 10.8. The van der Waals surface area contributed by atoms with Gasteiger partial charge in [0, 0.05) is 24.2 Å². The summed E-state index contributed by atoms with van der Waals surface area (Å²) in [7, 11) is 2.00. The molecule has 2 atom stereocenters. The van der Waals surface area contributed by atoms with Gasteiger partial charge in [0.05, 0.1) is 12.6 Å². The average molecular weight is 335 g/mol. The molecule has 18 heavy (non-hydrogen) atoms. The first-order valence-corrected chi connectivity index (χ1v) is 7.17. The summed E-state index contributed by atoms with van der Waals surface area (Å²) in [5.41, 5.74) is 0. The highest BCUT2D eigenvalue weighted by atomic mass is 79.9. The van der Waals surface area contributed by atoms with Crippen LogP contribution in [0.2, 0.25) is 0 Å². The standard InChI is InChI=1S/C10H15BrN4O2S/c1-6-3-8(14-18-15(6)2)10(16)12-5-7-4-9(11)13-17-7/h4,6,8,14H,3,5H2,1-2H3,(H,12,16). The maximum absolute atomic E-state index is 12.0. The van der Waals surface area contributed by atoms with Crippen molar-refractivity contribution in [2.24, 2.45) is 0 Å². The zero-order valence-electron chi connectivity index (χ0n) is 10.1. The number of carbonyl (C=O) groups excluding carboxylic acids is 1. The molecule has 1 fully saturated rings. The van der Waals surface area contributed by atoms with E-state index in [-0.39, 0.29) is 11.9 Å². The van der Waals surface area contributed by atoms with Gasteiger partial charge in [0.2, 0.25) is 5.91 Å². The van der Waals surface area contributed by atoms with E-state index in [0.717, 1.165) is 6.42 Å². The zero-order chi connectivity index (χ0) is 13.1. The molecule has 2 unspecified atom stereocenters. The van der Waals surface area contributed by atoms with Gasteiger partial charge in [0.15, 0.2) is 5.76 Å². The number of halogens is 1. The van der Waals surface area contributed by atoms with Crippen molar-refractivity contribution >= 4 is 34.0 Å². The van der Waals surface area contributed by atoms with E-state index in [1.807, 2.05) is 7.05 Å². The maximum Gasteiger partial charge on any atom is 0.238 e. The van der Waals surface area contributed by atoms with Crippen molar-refractivity contribution in [3.63, 3.8) is 0 Å². The Hall–Kier alpha value is -0.570. The van der Waals surface area contributed by atoms with E-state index >= 15 is 0 Å². The molecule has 0 bridgehead atoms. The van der Waals surface area contributed by atoms with Crippen molar-refractivity contribution in [3.8, 4) is 0 Å². The van der Waals surface area contributed by atoms with E-state index in [2.05, 4.69) is 42.4 Å². The molecule has 0 aliphatic carbocycles. The third kappa shape index (κ3) is 3.47. The van der Waals surface area contributed by atoms with Crippen LogP contribution in [0.15, 0.2) is 15.2 Å². The second kappa shape index (κ2) is 6.05. The summed E-state index contributed by atoms with van der Waals surface area (Å²) in [6, 6.07) is 1.93. The van der Waals surface area contributed by atoms with Crippen molar-refractivity contribution in [2.75, 3.05) is 7.05 Å². The third-order valence-electron chi connectivity index (χ3n) is 2.82. The molecule has 6 nitrogen and oxygen atoms in total. The van der Waals surface area contributed by atoms with E-state index in [4.69, 9.17) is 4.52 Å². The van der Waals surface area contributed by atoms with E-state index in [0.29, 0.717) is 23.0 Å². The van der Waals surface area contributed by atoms with Gasteiger partial charge in [0.25, 0.3) is 0 Å². The van der Waals surface area contributed by atoms with Crippen LogP contribution in [0.1, 0.15) is 19.1 Å². The molecule has 1 aromatic rings. The Bertz CT molecular complexity index is 428.